The molecule has 1 aliphatic carbocycles. The van der Waals surface area contributed by atoms with E-state index < -0.39 is 5.97 Å². The first kappa shape index (κ1) is 22.3. The summed E-state index contributed by atoms with van der Waals surface area (Å²) in [5.41, 5.74) is 0. The molecule has 1 aromatic heterocycles. The monoisotopic (exact) mass is 393 g/mol. The number of carboxylic acids is 1. The zero-order chi connectivity index (χ0) is 20.5. The van der Waals surface area contributed by atoms with Crippen molar-refractivity contribution in [1.29, 1.82) is 0 Å². The smallest absolute Gasteiger partial charge is 0.236 e. The molecule has 0 radical (unpaired) electrons. The Labute approximate surface area is 167 Å². The number of carbonyl (C=O) groups excluding carboxylic acids is 2. The fourth-order valence-electron chi connectivity index (χ4n) is 3.81. The third kappa shape index (κ3) is 7.58. The van der Waals surface area contributed by atoms with Crippen molar-refractivity contribution in [2.45, 2.75) is 70.3 Å². The van der Waals surface area contributed by atoms with Gasteiger partial charge in [-0.1, -0.05) is 50.1 Å². The Bertz CT molecular complexity index is 625. The first-order valence-corrected chi connectivity index (χ1v) is 10.3. The molecule has 1 amide bonds. The van der Waals surface area contributed by atoms with Crippen molar-refractivity contribution in [2.24, 2.45) is 5.92 Å². The van der Waals surface area contributed by atoms with Gasteiger partial charge in [0.1, 0.15) is 0 Å². The van der Waals surface area contributed by atoms with Crippen molar-refractivity contribution in [3.63, 3.8) is 0 Å². The van der Waals surface area contributed by atoms with Gasteiger partial charge in [0.25, 0.3) is 0 Å². The average Bonchev–Trinajstić information content (AvgIpc) is 3.09. The fourth-order valence-corrected chi connectivity index (χ4v) is 3.81. The van der Waals surface area contributed by atoms with E-state index >= 15 is 0 Å². The summed E-state index contributed by atoms with van der Waals surface area (Å²) in [6, 6.07) is 0. The van der Waals surface area contributed by atoms with E-state index in [1.807, 2.05) is 0 Å². The van der Waals surface area contributed by atoms with Crippen LogP contribution in [0.2, 0.25) is 0 Å². The number of hydrogen-bond donors (Lipinski definition) is 0. The van der Waals surface area contributed by atoms with Gasteiger partial charge in [0.15, 0.2) is 5.82 Å². The summed E-state index contributed by atoms with van der Waals surface area (Å²) in [6.07, 6.45) is 9.21. The molecule has 1 fully saturated rings. The van der Waals surface area contributed by atoms with E-state index in [1.54, 1.807) is 26.0 Å². The Hall–Kier alpha value is -1.96. The molecule has 1 heterocycles. The summed E-state index contributed by atoms with van der Waals surface area (Å²) >= 11 is 0. The van der Waals surface area contributed by atoms with Crippen LogP contribution >= 0.6 is 0 Å². The molecule has 0 N–H and O–H groups in total. The SMILES string of the molecule is CN(CC(=O)N(C)C)Cc1noc([C@H](CCCC2CCCCC2)CC(=O)[O-])n1. The summed E-state index contributed by atoms with van der Waals surface area (Å²) in [4.78, 5) is 30.7. The van der Waals surface area contributed by atoms with Gasteiger partial charge in [0.05, 0.1) is 13.1 Å². The van der Waals surface area contributed by atoms with Crippen LogP contribution in [0.3, 0.4) is 0 Å². The van der Waals surface area contributed by atoms with E-state index in [2.05, 4.69) is 10.1 Å². The number of carboxylic acid groups (broad SMARTS) is 1. The fraction of sp³-hybridized carbons (Fsp3) is 0.800. The number of rotatable bonds is 11. The predicted molar refractivity (Wildman–Crippen MR) is 102 cm³/mol. The molecular formula is C20H33N4O4-. The van der Waals surface area contributed by atoms with Crippen molar-refractivity contribution < 1.29 is 19.2 Å². The van der Waals surface area contributed by atoms with Gasteiger partial charge in [0, 0.05) is 26.0 Å². The maximum absolute atomic E-state index is 11.8. The van der Waals surface area contributed by atoms with Gasteiger partial charge < -0.3 is 19.3 Å². The lowest BCUT2D eigenvalue weighted by molar-refractivity contribution is -0.306. The maximum atomic E-state index is 11.8. The molecule has 0 bridgehead atoms. The first-order valence-electron chi connectivity index (χ1n) is 10.3. The van der Waals surface area contributed by atoms with Crippen LogP contribution in [-0.4, -0.2) is 59.5 Å². The lowest BCUT2D eigenvalue weighted by Gasteiger charge is -2.22. The minimum Gasteiger partial charge on any atom is -0.550 e. The van der Waals surface area contributed by atoms with Crippen LogP contribution < -0.4 is 5.11 Å². The molecule has 0 saturated heterocycles. The summed E-state index contributed by atoms with van der Waals surface area (Å²) in [5, 5.41) is 15.1. The van der Waals surface area contributed by atoms with E-state index in [0.29, 0.717) is 24.7 Å². The average molecular weight is 394 g/mol. The number of aliphatic carboxylic acids is 1. The van der Waals surface area contributed by atoms with E-state index in [4.69, 9.17) is 4.52 Å². The van der Waals surface area contributed by atoms with Crippen LogP contribution in [0.15, 0.2) is 4.52 Å². The van der Waals surface area contributed by atoms with E-state index in [0.717, 1.165) is 18.8 Å². The van der Waals surface area contributed by atoms with Crippen LogP contribution in [0.5, 0.6) is 0 Å². The zero-order valence-electron chi connectivity index (χ0n) is 17.4. The lowest BCUT2D eigenvalue weighted by atomic mass is 9.84. The van der Waals surface area contributed by atoms with Gasteiger partial charge >= 0.3 is 0 Å². The molecule has 2 rings (SSSR count). The molecular weight excluding hydrogens is 360 g/mol. The maximum Gasteiger partial charge on any atom is 0.236 e. The topological polar surface area (TPSA) is 103 Å². The second-order valence-corrected chi connectivity index (χ2v) is 8.22. The molecule has 158 valence electrons. The van der Waals surface area contributed by atoms with Crippen molar-refractivity contribution >= 4 is 11.9 Å². The van der Waals surface area contributed by atoms with Gasteiger partial charge in [-0.2, -0.15) is 4.98 Å². The standard InChI is InChI=1S/C20H34N4O4/c1-23(2)18(25)14-24(3)13-17-21-20(28-22-17)16(12-19(26)27)11-7-10-15-8-5-4-6-9-15/h15-16H,4-14H2,1-3H3,(H,26,27)/p-1/t16-/m1/s1. The number of hydrogen-bond acceptors (Lipinski definition) is 7. The van der Waals surface area contributed by atoms with Gasteiger partial charge in [-0.25, -0.2) is 0 Å². The first-order chi connectivity index (χ1) is 13.3. The number of likely N-dealkylation sites (N-methyl/N-ethyl adjacent to an activating group) is 2. The Balaban J connectivity index is 1.88. The van der Waals surface area contributed by atoms with Gasteiger partial charge in [-0.05, 0) is 25.8 Å². The highest BCUT2D eigenvalue weighted by atomic mass is 16.5. The Morgan fingerprint density at radius 2 is 1.93 bits per heavy atom. The van der Waals surface area contributed by atoms with Crippen molar-refractivity contribution in [3.8, 4) is 0 Å². The highest BCUT2D eigenvalue weighted by molar-refractivity contribution is 5.77. The quantitative estimate of drug-likeness (QED) is 0.562. The van der Waals surface area contributed by atoms with Crippen molar-refractivity contribution in [1.82, 2.24) is 19.9 Å². The Morgan fingerprint density at radius 3 is 2.57 bits per heavy atom. The van der Waals surface area contributed by atoms with Crippen LogP contribution in [-0.2, 0) is 16.1 Å². The largest absolute Gasteiger partial charge is 0.550 e. The highest BCUT2D eigenvalue weighted by Gasteiger charge is 2.21. The third-order valence-electron chi connectivity index (χ3n) is 5.45. The van der Waals surface area contributed by atoms with Crippen LogP contribution in [0, 0.1) is 5.92 Å². The van der Waals surface area contributed by atoms with E-state index in [-0.39, 0.29) is 24.8 Å². The molecule has 1 atom stereocenters. The van der Waals surface area contributed by atoms with E-state index in [9.17, 15) is 14.7 Å². The highest BCUT2D eigenvalue weighted by Crippen LogP contribution is 2.30. The van der Waals surface area contributed by atoms with Crippen molar-refractivity contribution in [3.05, 3.63) is 11.7 Å². The molecule has 1 aromatic rings. The number of carbonyl (C=O) groups is 2. The number of aromatic nitrogens is 2. The van der Waals surface area contributed by atoms with Crippen LogP contribution in [0.4, 0.5) is 0 Å². The minimum atomic E-state index is -1.10. The molecule has 0 aromatic carbocycles. The minimum absolute atomic E-state index is 0.0104. The molecule has 8 nitrogen and oxygen atoms in total. The molecule has 0 spiro atoms. The second-order valence-electron chi connectivity index (χ2n) is 8.22. The van der Waals surface area contributed by atoms with Gasteiger partial charge in [0.2, 0.25) is 11.8 Å². The Kier molecular flexibility index (Phi) is 8.89. The number of nitrogens with zero attached hydrogens (tertiary/aromatic N) is 4. The summed E-state index contributed by atoms with van der Waals surface area (Å²) < 4.78 is 5.35. The molecule has 28 heavy (non-hydrogen) atoms. The summed E-state index contributed by atoms with van der Waals surface area (Å²) in [6.45, 7) is 0.615. The zero-order valence-corrected chi connectivity index (χ0v) is 17.4. The lowest BCUT2D eigenvalue weighted by Crippen LogP contribution is -2.34. The normalized spacial score (nSPS) is 16.3. The van der Waals surface area contributed by atoms with Crippen LogP contribution in [0.25, 0.3) is 0 Å². The molecule has 8 heteroatoms. The predicted octanol–water partition coefficient (Wildman–Crippen LogP) is 1.56. The van der Waals surface area contributed by atoms with Gasteiger partial charge in [-0.3, -0.25) is 9.69 Å². The second kappa shape index (κ2) is 11.1. The summed E-state index contributed by atoms with van der Waals surface area (Å²) in [5.74, 6) is 0.150. The molecule has 0 unspecified atom stereocenters. The third-order valence-corrected chi connectivity index (χ3v) is 5.45. The van der Waals surface area contributed by atoms with Crippen molar-refractivity contribution in [2.75, 3.05) is 27.7 Å². The molecule has 1 saturated carbocycles. The summed E-state index contributed by atoms with van der Waals surface area (Å²) in [7, 11) is 5.22. The van der Waals surface area contributed by atoms with Gasteiger partial charge in [-0.15, -0.1) is 0 Å². The number of amides is 1. The Morgan fingerprint density at radius 1 is 1.21 bits per heavy atom. The van der Waals surface area contributed by atoms with E-state index in [1.165, 1.54) is 37.0 Å². The van der Waals surface area contributed by atoms with Crippen LogP contribution in [0.1, 0.15) is 75.4 Å². The molecule has 1 aliphatic rings. The molecule has 0 aliphatic heterocycles.